The Morgan fingerprint density at radius 2 is 2.00 bits per heavy atom. The lowest BCUT2D eigenvalue weighted by atomic mass is 9.93. The maximum absolute atomic E-state index is 14.8. The van der Waals surface area contributed by atoms with Crippen LogP contribution >= 0.6 is 0 Å². The lowest BCUT2D eigenvalue weighted by Crippen LogP contribution is -2.13. The molecule has 7 nitrogen and oxygen atoms in total. The Bertz CT molecular complexity index is 1400. The van der Waals surface area contributed by atoms with Gasteiger partial charge in [0.15, 0.2) is 5.69 Å². The van der Waals surface area contributed by atoms with Gasteiger partial charge >= 0.3 is 0 Å². The van der Waals surface area contributed by atoms with E-state index in [4.69, 9.17) is 9.47 Å². The van der Waals surface area contributed by atoms with Gasteiger partial charge < -0.3 is 9.47 Å². The van der Waals surface area contributed by atoms with Crippen LogP contribution in [0.4, 0.5) is 4.39 Å². The molecule has 2 aliphatic heterocycles. The van der Waals surface area contributed by atoms with Crippen molar-refractivity contribution in [1.29, 1.82) is 5.26 Å². The smallest absolute Gasteiger partial charge is 0.159 e. The Kier molecular flexibility index (Phi) is 3.81. The van der Waals surface area contributed by atoms with Crippen molar-refractivity contribution in [2.45, 2.75) is 18.8 Å². The molecule has 31 heavy (non-hydrogen) atoms. The van der Waals surface area contributed by atoms with Gasteiger partial charge in [0.1, 0.15) is 29.0 Å². The first-order chi connectivity index (χ1) is 15.1. The summed E-state index contributed by atoms with van der Waals surface area (Å²) in [5.74, 6) is 1.20. The maximum Gasteiger partial charge on any atom is 0.159 e. The second kappa shape index (κ2) is 6.57. The molecule has 0 amide bonds. The Hall–Kier alpha value is -3.86. The van der Waals surface area contributed by atoms with Gasteiger partial charge in [-0.2, -0.15) is 10.4 Å². The third-order valence-electron chi connectivity index (χ3n) is 6.17. The summed E-state index contributed by atoms with van der Waals surface area (Å²) >= 11 is 0. The van der Waals surface area contributed by atoms with E-state index in [0.717, 1.165) is 28.3 Å². The highest BCUT2D eigenvalue weighted by Crippen LogP contribution is 2.41. The van der Waals surface area contributed by atoms with Crippen LogP contribution in [0.5, 0.6) is 11.5 Å². The van der Waals surface area contributed by atoms with Gasteiger partial charge in [0, 0.05) is 30.6 Å². The Labute approximate surface area is 177 Å². The molecule has 0 aliphatic carbocycles. The lowest BCUT2D eigenvalue weighted by molar-refractivity contribution is 0.246. The molecule has 2 aliphatic rings. The third-order valence-corrected chi connectivity index (χ3v) is 6.17. The van der Waals surface area contributed by atoms with Crippen LogP contribution in [0.15, 0.2) is 36.7 Å². The number of ether oxygens (including phenoxy) is 2. The number of imidazole rings is 1. The first-order valence-electron chi connectivity index (χ1n) is 10.1. The topological polar surface area (TPSA) is 77.4 Å². The van der Waals surface area contributed by atoms with Crippen molar-refractivity contribution >= 4 is 5.65 Å². The molecule has 6 rings (SSSR count). The fraction of sp³-hybridized carbons (Fsp3) is 0.261. The number of halogens is 1. The number of rotatable bonds is 1. The molecule has 8 heteroatoms. The number of aromatic nitrogens is 4. The molecule has 0 N–H and O–H groups in total. The standard InChI is InChI=1S/C23H18FN5O2/c1-28-18(6-7-26-28)16-8-21-19(29-10-14(9-25)27-23(16)29)4-2-15-17(24)3-5-20-22(15)13(11-30-20)12-31-21/h3,5-8,10,13H,2,4,11-12H2,1H3/t13-/m1/s1. The van der Waals surface area contributed by atoms with Crippen molar-refractivity contribution in [3.05, 3.63) is 65.0 Å². The molecular formula is C23H18FN5O2. The van der Waals surface area contributed by atoms with Crippen LogP contribution in [0.25, 0.3) is 16.9 Å². The fourth-order valence-electron chi connectivity index (χ4n) is 4.71. The van der Waals surface area contributed by atoms with E-state index in [-0.39, 0.29) is 11.7 Å². The molecule has 0 fully saturated rings. The normalized spacial score (nSPS) is 17.0. The fourth-order valence-corrected chi connectivity index (χ4v) is 4.71. The van der Waals surface area contributed by atoms with Crippen molar-refractivity contribution < 1.29 is 13.9 Å². The minimum atomic E-state index is -0.219. The van der Waals surface area contributed by atoms with E-state index in [1.165, 1.54) is 6.07 Å². The molecule has 154 valence electrons. The highest BCUT2D eigenvalue weighted by atomic mass is 19.1. The van der Waals surface area contributed by atoms with Gasteiger partial charge in [-0.25, -0.2) is 9.37 Å². The minimum Gasteiger partial charge on any atom is -0.493 e. The molecular weight excluding hydrogens is 397 g/mol. The van der Waals surface area contributed by atoms with Gasteiger partial charge in [-0.05, 0) is 42.7 Å². The van der Waals surface area contributed by atoms with E-state index in [9.17, 15) is 9.65 Å². The number of pyridine rings is 1. The largest absolute Gasteiger partial charge is 0.493 e. The van der Waals surface area contributed by atoms with Crippen LogP contribution < -0.4 is 9.47 Å². The molecule has 0 spiro atoms. The van der Waals surface area contributed by atoms with Crippen LogP contribution in [0.1, 0.15) is 28.4 Å². The average molecular weight is 415 g/mol. The molecule has 5 heterocycles. The van der Waals surface area contributed by atoms with E-state index >= 15 is 0 Å². The molecule has 0 saturated carbocycles. The zero-order chi connectivity index (χ0) is 21.1. The second-order valence-corrected chi connectivity index (χ2v) is 7.90. The number of benzene rings is 1. The van der Waals surface area contributed by atoms with E-state index in [0.29, 0.717) is 48.7 Å². The average Bonchev–Trinajstić information content (AvgIpc) is 3.49. The summed E-state index contributed by atoms with van der Waals surface area (Å²) in [6.45, 7) is 0.855. The molecule has 1 aromatic carbocycles. The summed E-state index contributed by atoms with van der Waals surface area (Å²) in [7, 11) is 1.86. The lowest BCUT2D eigenvalue weighted by Gasteiger charge is -2.16. The van der Waals surface area contributed by atoms with E-state index < -0.39 is 0 Å². The third kappa shape index (κ3) is 2.63. The van der Waals surface area contributed by atoms with Gasteiger partial charge in [0.2, 0.25) is 0 Å². The number of fused-ring (bicyclic) bond motifs is 3. The summed E-state index contributed by atoms with van der Waals surface area (Å²) < 4.78 is 30.5. The molecule has 0 bridgehead atoms. The summed E-state index contributed by atoms with van der Waals surface area (Å²) in [5.41, 5.74) is 5.13. The SMILES string of the molecule is Cn1nccc1-c1cc2c(n3cc(C#N)nc13)CCc1c(F)ccc3c1[C@H](CO3)CO2. The summed E-state index contributed by atoms with van der Waals surface area (Å²) in [4.78, 5) is 4.53. The predicted molar refractivity (Wildman–Crippen MR) is 110 cm³/mol. The van der Waals surface area contributed by atoms with Crippen molar-refractivity contribution in [1.82, 2.24) is 19.2 Å². The van der Waals surface area contributed by atoms with Crippen LogP contribution in [0.3, 0.4) is 0 Å². The molecule has 1 atom stereocenters. The van der Waals surface area contributed by atoms with Crippen molar-refractivity contribution in [2.75, 3.05) is 13.2 Å². The Balaban J connectivity index is 1.57. The van der Waals surface area contributed by atoms with Crippen molar-refractivity contribution in [3.8, 4) is 28.8 Å². The van der Waals surface area contributed by atoms with Crippen LogP contribution in [-0.4, -0.2) is 32.4 Å². The van der Waals surface area contributed by atoms with Gasteiger partial charge in [0.25, 0.3) is 0 Å². The molecule has 0 saturated heterocycles. The minimum absolute atomic E-state index is 0.0278. The number of hydrogen-bond donors (Lipinski definition) is 0. The summed E-state index contributed by atoms with van der Waals surface area (Å²) in [5, 5.41) is 13.7. The zero-order valence-electron chi connectivity index (χ0n) is 16.8. The number of nitriles is 1. The van der Waals surface area contributed by atoms with E-state index in [1.54, 1.807) is 23.1 Å². The second-order valence-electron chi connectivity index (χ2n) is 7.90. The molecule has 3 aromatic heterocycles. The Morgan fingerprint density at radius 1 is 1.16 bits per heavy atom. The highest BCUT2D eigenvalue weighted by Gasteiger charge is 2.31. The van der Waals surface area contributed by atoms with Crippen LogP contribution in [0, 0.1) is 17.1 Å². The van der Waals surface area contributed by atoms with Gasteiger partial charge in [-0.1, -0.05) is 0 Å². The highest BCUT2D eigenvalue weighted by molar-refractivity contribution is 5.78. The number of nitrogens with zero attached hydrogens (tertiary/aromatic N) is 5. The van der Waals surface area contributed by atoms with E-state index in [1.807, 2.05) is 23.6 Å². The summed E-state index contributed by atoms with van der Waals surface area (Å²) in [6.07, 6.45) is 4.49. The first kappa shape index (κ1) is 18.0. The molecule has 0 radical (unpaired) electrons. The molecule has 0 unspecified atom stereocenters. The van der Waals surface area contributed by atoms with Gasteiger partial charge in [-0.3, -0.25) is 9.08 Å². The zero-order valence-corrected chi connectivity index (χ0v) is 16.8. The number of aryl methyl sites for hydroxylation is 2. The van der Waals surface area contributed by atoms with E-state index in [2.05, 4.69) is 16.2 Å². The monoisotopic (exact) mass is 415 g/mol. The van der Waals surface area contributed by atoms with Crippen molar-refractivity contribution in [3.63, 3.8) is 0 Å². The molecule has 4 aromatic rings. The van der Waals surface area contributed by atoms with Crippen LogP contribution in [0.2, 0.25) is 0 Å². The van der Waals surface area contributed by atoms with Crippen molar-refractivity contribution in [2.24, 2.45) is 7.05 Å². The predicted octanol–water partition coefficient (Wildman–Crippen LogP) is 3.40. The number of hydrogen-bond acceptors (Lipinski definition) is 5. The Morgan fingerprint density at radius 3 is 2.77 bits per heavy atom. The van der Waals surface area contributed by atoms with Gasteiger partial charge in [-0.15, -0.1) is 0 Å². The first-order valence-corrected chi connectivity index (χ1v) is 10.1. The quantitative estimate of drug-likeness (QED) is 0.476. The maximum atomic E-state index is 14.8. The summed E-state index contributed by atoms with van der Waals surface area (Å²) in [6, 6.07) is 9.16. The van der Waals surface area contributed by atoms with Crippen LogP contribution in [-0.2, 0) is 19.9 Å². The van der Waals surface area contributed by atoms with Gasteiger partial charge in [0.05, 0.1) is 30.5 Å².